The van der Waals surface area contributed by atoms with Crippen LogP contribution in [-0.4, -0.2) is 29.1 Å². The smallest absolute Gasteiger partial charge is 0.328 e. The molecule has 0 saturated heterocycles. The van der Waals surface area contributed by atoms with Crippen molar-refractivity contribution < 1.29 is 9.90 Å². The SMILES string of the molecule is C=CCN(C/C=C/C(=O)O)Cc1cccs1. The Kier molecular flexibility index (Phi) is 5.53. The lowest BCUT2D eigenvalue weighted by atomic mass is 10.3. The molecule has 0 spiro atoms. The summed E-state index contributed by atoms with van der Waals surface area (Å²) >= 11 is 1.70. The van der Waals surface area contributed by atoms with E-state index in [0.717, 1.165) is 13.1 Å². The molecule has 1 rings (SSSR count). The number of carboxylic acid groups (broad SMARTS) is 1. The Morgan fingerprint density at radius 3 is 2.94 bits per heavy atom. The Morgan fingerprint density at radius 2 is 2.38 bits per heavy atom. The van der Waals surface area contributed by atoms with E-state index in [4.69, 9.17) is 5.11 Å². The van der Waals surface area contributed by atoms with E-state index in [1.807, 2.05) is 17.5 Å². The summed E-state index contributed by atoms with van der Waals surface area (Å²) in [6.07, 6.45) is 4.65. The van der Waals surface area contributed by atoms with Crippen molar-refractivity contribution in [1.29, 1.82) is 0 Å². The van der Waals surface area contributed by atoms with Crippen LogP contribution >= 0.6 is 11.3 Å². The number of aliphatic carboxylic acids is 1. The van der Waals surface area contributed by atoms with Crippen LogP contribution in [0.2, 0.25) is 0 Å². The molecule has 0 atom stereocenters. The van der Waals surface area contributed by atoms with E-state index in [9.17, 15) is 4.79 Å². The Morgan fingerprint density at radius 1 is 1.56 bits per heavy atom. The van der Waals surface area contributed by atoms with Crippen molar-refractivity contribution in [3.63, 3.8) is 0 Å². The van der Waals surface area contributed by atoms with Crippen LogP contribution in [0.15, 0.2) is 42.3 Å². The van der Waals surface area contributed by atoms with Crippen LogP contribution in [0.1, 0.15) is 4.88 Å². The molecule has 0 saturated carbocycles. The van der Waals surface area contributed by atoms with Gasteiger partial charge in [-0.25, -0.2) is 4.79 Å². The molecule has 0 unspecified atom stereocenters. The third kappa shape index (κ3) is 4.91. The minimum absolute atomic E-state index is 0.621. The van der Waals surface area contributed by atoms with Crippen molar-refractivity contribution in [3.05, 3.63) is 47.2 Å². The van der Waals surface area contributed by atoms with Crippen LogP contribution in [0.25, 0.3) is 0 Å². The Labute approximate surface area is 99.3 Å². The first-order valence-electron chi connectivity index (χ1n) is 4.97. The maximum atomic E-state index is 10.3. The van der Waals surface area contributed by atoms with E-state index in [1.165, 1.54) is 11.0 Å². The minimum Gasteiger partial charge on any atom is -0.478 e. The van der Waals surface area contributed by atoms with Gasteiger partial charge in [-0.05, 0) is 11.4 Å². The zero-order chi connectivity index (χ0) is 11.8. The predicted octanol–water partition coefficient (Wildman–Crippen LogP) is 2.38. The number of hydrogen-bond donors (Lipinski definition) is 1. The highest BCUT2D eigenvalue weighted by Gasteiger charge is 2.03. The summed E-state index contributed by atoms with van der Waals surface area (Å²) in [6.45, 7) is 5.89. The van der Waals surface area contributed by atoms with E-state index in [2.05, 4.69) is 17.5 Å². The molecular weight excluding hydrogens is 222 g/mol. The molecule has 1 aromatic rings. The van der Waals surface area contributed by atoms with Gasteiger partial charge in [0.15, 0.2) is 0 Å². The monoisotopic (exact) mass is 237 g/mol. The van der Waals surface area contributed by atoms with Crippen molar-refractivity contribution in [1.82, 2.24) is 4.90 Å². The first kappa shape index (κ1) is 12.7. The number of rotatable bonds is 7. The molecule has 0 bridgehead atoms. The highest BCUT2D eigenvalue weighted by Crippen LogP contribution is 2.11. The Hall–Kier alpha value is -1.39. The molecule has 0 fully saturated rings. The van der Waals surface area contributed by atoms with Gasteiger partial charge in [-0.3, -0.25) is 4.90 Å². The quantitative estimate of drug-likeness (QED) is 0.584. The van der Waals surface area contributed by atoms with Crippen LogP contribution in [0.3, 0.4) is 0 Å². The molecular formula is C12H15NO2S. The fourth-order valence-electron chi connectivity index (χ4n) is 1.31. The molecule has 0 aliphatic rings. The highest BCUT2D eigenvalue weighted by molar-refractivity contribution is 7.09. The van der Waals surface area contributed by atoms with E-state index < -0.39 is 5.97 Å². The summed E-state index contributed by atoms with van der Waals surface area (Å²) in [6, 6.07) is 4.08. The Balaban J connectivity index is 2.47. The van der Waals surface area contributed by atoms with E-state index in [-0.39, 0.29) is 0 Å². The van der Waals surface area contributed by atoms with Gasteiger partial charge in [-0.1, -0.05) is 18.2 Å². The molecule has 16 heavy (non-hydrogen) atoms. The minimum atomic E-state index is -0.908. The highest BCUT2D eigenvalue weighted by atomic mass is 32.1. The first-order chi connectivity index (χ1) is 7.72. The summed E-state index contributed by atoms with van der Waals surface area (Å²) in [7, 11) is 0. The summed E-state index contributed by atoms with van der Waals surface area (Å²) < 4.78 is 0. The average molecular weight is 237 g/mol. The summed E-state index contributed by atoms with van der Waals surface area (Å²) in [4.78, 5) is 13.7. The molecule has 0 aliphatic carbocycles. The molecule has 1 aromatic heterocycles. The van der Waals surface area contributed by atoms with Crippen LogP contribution in [0.5, 0.6) is 0 Å². The predicted molar refractivity (Wildman–Crippen MR) is 66.6 cm³/mol. The normalized spacial score (nSPS) is 11.1. The van der Waals surface area contributed by atoms with Gasteiger partial charge >= 0.3 is 5.97 Å². The molecule has 1 N–H and O–H groups in total. The second kappa shape index (κ2) is 6.98. The fourth-order valence-corrected chi connectivity index (χ4v) is 2.06. The van der Waals surface area contributed by atoms with Gasteiger partial charge in [0.25, 0.3) is 0 Å². The van der Waals surface area contributed by atoms with Gasteiger partial charge in [0.1, 0.15) is 0 Å². The number of carbonyl (C=O) groups is 1. The van der Waals surface area contributed by atoms with Gasteiger partial charge in [-0.15, -0.1) is 17.9 Å². The average Bonchev–Trinajstić information content (AvgIpc) is 2.70. The van der Waals surface area contributed by atoms with E-state index in [1.54, 1.807) is 17.4 Å². The standard InChI is InChI=1S/C12H15NO2S/c1-2-7-13(8-3-6-12(14)15)10-11-5-4-9-16-11/h2-6,9H,1,7-8,10H2,(H,14,15)/b6-3+. The zero-order valence-corrected chi connectivity index (χ0v) is 9.82. The first-order valence-corrected chi connectivity index (χ1v) is 5.85. The third-order valence-electron chi connectivity index (χ3n) is 1.97. The van der Waals surface area contributed by atoms with Gasteiger partial charge in [0, 0.05) is 30.6 Å². The lowest BCUT2D eigenvalue weighted by molar-refractivity contribution is -0.131. The summed E-state index contributed by atoms with van der Waals surface area (Å²) in [5.41, 5.74) is 0. The number of carboxylic acids is 1. The fraction of sp³-hybridized carbons (Fsp3) is 0.250. The molecule has 0 aromatic carbocycles. The number of hydrogen-bond acceptors (Lipinski definition) is 3. The molecule has 86 valence electrons. The summed E-state index contributed by atoms with van der Waals surface area (Å²) in [5.74, 6) is -0.908. The van der Waals surface area contributed by atoms with Crippen LogP contribution in [0, 0.1) is 0 Å². The topological polar surface area (TPSA) is 40.5 Å². The van der Waals surface area contributed by atoms with Crippen molar-refractivity contribution in [2.45, 2.75) is 6.54 Å². The van der Waals surface area contributed by atoms with Gasteiger partial charge in [-0.2, -0.15) is 0 Å². The molecule has 0 aliphatic heterocycles. The number of nitrogens with zero attached hydrogens (tertiary/aromatic N) is 1. The van der Waals surface area contributed by atoms with Crippen LogP contribution < -0.4 is 0 Å². The molecule has 3 nitrogen and oxygen atoms in total. The maximum Gasteiger partial charge on any atom is 0.328 e. The van der Waals surface area contributed by atoms with E-state index in [0.29, 0.717) is 6.54 Å². The van der Waals surface area contributed by atoms with Crippen molar-refractivity contribution >= 4 is 17.3 Å². The van der Waals surface area contributed by atoms with Crippen molar-refractivity contribution in [2.75, 3.05) is 13.1 Å². The van der Waals surface area contributed by atoms with Gasteiger partial charge in [0.05, 0.1) is 0 Å². The van der Waals surface area contributed by atoms with Crippen molar-refractivity contribution in [3.8, 4) is 0 Å². The lowest BCUT2D eigenvalue weighted by Gasteiger charge is -2.17. The molecule has 4 heteroatoms. The van der Waals surface area contributed by atoms with Crippen LogP contribution in [0.4, 0.5) is 0 Å². The maximum absolute atomic E-state index is 10.3. The third-order valence-corrected chi connectivity index (χ3v) is 2.83. The van der Waals surface area contributed by atoms with E-state index >= 15 is 0 Å². The zero-order valence-electron chi connectivity index (χ0n) is 9.00. The van der Waals surface area contributed by atoms with Crippen LogP contribution in [-0.2, 0) is 11.3 Å². The van der Waals surface area contributed by atoms with Crippen molar-refractivity contribution in [2.24, 2.45) is 0 Å². The molecule has 1 heterocycles. The molecule has 0 amide bonds. The lowest BCUT2D eigenvalue weighted by Crippen LogP contribution is -2.23. The number of thiophene rings is 1. The largest absolute Gasteiger partial charge is 0.478 e. The van der Waals surface area contributed by atoms with Gasteiger partial charge < -0.3 is 5.11 Å². The second-order valence-electron chi connectivity index (χ2n) is 3.30. The van der Waals surface area contributed by atoms with Gasteiger partial charge in [0.2, 0.25) is 0 Å². The Bertz CT molecular complexity index is 357. The molecule has 0 radical (unpaired) electrons. The second-order valence-corrected chi connectivity index (χ2v) is 4.33. The summed E-state index contributed by atoms with van der Waals surface area (Å²) in [5, 5.41) is 10.5.